The number of aliphatic hydroxyl groups is 1. The van der Waals surface area contributed by atoms with Crippen molar-refractivity contribution in [3.63, 3.8) is 0 Å². The van der Waals surface area contributed by atoms with Gasteiger partial charge >= 0.3 is 12.1 Å². The first kappa shape index (κ1) is 33.6. The number of carboxylic acids is 1. The zero-order valence-corrected chi connectivity index (χ0v) is 23.6. The van der Waals surface area contributed by atoms with Crippen LogP contribution in [0, 0.1) is 23.5 Å². The molecule has 9 nitrogen and oxygen atoms in total. The summed E-state index contributed by atoms with van der Waals surface area (Å²) in [6.45, 7) is 2.94. The average Bonchev–Trinajstić information content (AvgIpc) is 2.94. The Kier molecular flexibility index (Phi) is 10.9. The first-order valence-electron chi connectivity index (χ1n) is 13.6. The van der Waals surface area contributed by atoms with Gasteiger partial charge in [-0.25, -0.2) is 8.78 Å². The van der Waals surface area contributed by atoms with Gasteiger partial charge in [-0.2, -0.15) is 13.2 Å². The molecule has 43 heavy (non-hydrogen) atoms. The summed E-state index contributed by atoms with van der Waals surface area (Å²) < 4.78 is 78.8. The number of alkyl halides is 3. The lowest BCUT2D eigenvalue weighted by molar-refractivity contribution is -0.143. The number of hydrogen-bond acceptors (Lipinski definition) is 6. The number of benzene rings is 2. The van der Waals surface area contributed by atoms with Crippen LogP contribution in [0.2, 0.25) is 0 Å². The van der Waals surface area contributed by atoms with E-state index in [1.54, 1.807) is 6.92 Å². The molecule has 1 aliphatic rings. The molecule has 0 unspecified atom stereocenters. The van der Waals surface area contributed by atoms with Gasteiger partial charge in [0.2, 0.25) is 5.91 Å². The van der Waals surface area contributed by atoms with Gasteiger partial charge in [-0.05, 0) is 63.3 Å². The zero-order valence-electron chi connectivity index (χ0n) is 23.6. The molecule has 2 aromatic rings. The van der Waals surface area contributed by atoms with Crippen molar-refractivity contribution < 1.29 is 56.0 Å². The van der Waals surface area contributed by atoms with E-state index >= 15 is 0 Å². The van der Waals surface area contributed by atoms with Crippen LogP contribution in [-0.2, 0) is 15.8 Å². The molecule has 236 valence electrons. The normalized spacial score (nSPS) is 19.1. The molecular weight excluding hydrogens is 583 g/mol. The van der Waals surface area contributed by atoms with Gasteiger partial charge in [0.25, 0.3) is 5.91 Å². The van der Waals surface area contributed by atoms with Gasteiger partial charge in [0.05, 0.1) is 42.3 Å². The Bertz CT molecular complexity index is 1330. The van der Waals surface area contributed by atoms with E-state index in [1.165, 1.54) is 14.0 Å². The highest BCUT2D eigenvalue weighted by molar-refractivity contribution is 5.99. The van der Waals surface area contributed by atoms with Crippen LogP contribution >= 0.6 is 0 Å². The Morgan fingerprint density at radius 2 is 1.67 bits per heavy atom. The number of carbonyl (C=O) groups is 3. The summed E-state index contributed by atoms with van der Waals surface area (Å²) in [7, 11) is 1.21. The van der Waals surface area contributed by atoms with E-state index in [9.17, 15) is 46.5 Å². The molecule has 0 radical (unpaired) electrons. The summed E-state index contributed by atoms with van der Waals surface area (Å²) in [6.07, 6.45) is -5.36. The molecule has 1 fully saturated rings. The van der Waals surface area contributed by atoms with Crippen molar-refractivity contribution in [1.29, 1.82) is 0 Å². The summed E-state index contributed by atoms with van der Waals surface area (Å²) in [5, 5.41) is 24.5. The minimum atomic E-state index is -5.01. The van der Waals surface area contributed by atoms with Crippen molar-refractivity contribution in [2.75, 3.05) is 12.4 Å². The second-order valence-corrected chi connectivity index (χ2v) is 10.4. The van der Waals surface area contributed by atoms with E-state index in [4.69, 9.17) is 9.47 Å². The smallest absolute Gasteiger partial charge is 0.419 e. The van der Waals surface area contributed by atoms with Crippen LogP contribution in [0.3, 0.4) is 0 Å². The number of anilines is 1. The molecule has 1 aliphatic carbocycles. The maximum Gasteiger partial charge on any atom is 0.419 e. The van der Waals surface area contributed by atoms with Crippen LogP contribution in [-0.4, -0.2) is 53.4 Å². The predicted octanol–water partition coefficient (Wildman–Crippen LogP) is 5.16. The quantitative estimate of drug-likeness (QED) is 0.256. The third-order valence-corrected chi connectivity index (χ3v) is 7.39. The molecule has 4 N–H and O–H groups in total. The lowest BCUT2D eigenvalue weighted by Gasteiger charge is -2.28. The van der Waals surface area contributed by atoms with E-state index in [-0.39, 0.29) is 29.2 Å². The van der Waals surface area contributed by atoms with Crippen LogP contribution in [0.15, 0.2) is 30.3 Å². The molecule has 2 aromatic carbocycles. The second-order valence-electron chi connectivity index (χ2n) is 10.4. The molecule has 2 amide bonds. The van der Waals surface area contributed by atoms with Crippen LogP contribution < -0.4 is 20.1 Å². The summed E-state index contributed by atoms with van der Waals surface area (Å²) in [6, 6.07) is 2.85. The minimum absolute atomic E-state index is 0.0392. The summed E-state index contributed by atoms with van der Waals surface area (Å²) in [5.41, 5.74) is -2.12. The summed E-state index contributed by atoms with van der Waals surface area (Å²) >= 11 is 0. The highest BCUT2D eigenvalue weighted by atomic mass is 19.4. The van der Waals surface area contributed by atoms with Gasteiger partial charge in [-0.1, -0.05) is 6.92 Å². The Labute approximate surface area is 244 Å². The number of rotatable bonds is 11. The van der Waals surface area contributed by atoms with Crippen LogP contribution in [0.1, 0.15) is 61.9 Å². The molecule has 3 rings (SSSR count). The van der Waals surface area contributed by atoms with Gasteiger partial charge in [0, 0.05) is 17.8 Å². The topological polar surface area (TPSA) is 134 Å². The van der Waals surface area contributed by atoms with E-state index in [0.29, 0.717) is 37.8 Å². The summed E-state index contributed by atoms with van der Waals surface area (Å²) in [5.74, 6) is -7.32. The molecule has 0 bridgehead atoms. The zero-order chi connectivity index (χ0) is 32.1. The Morgan fingerprint density at radius 3 is 2.23 bits per heavy atom. The van der Waals surface area contributed by atoms with Gasteiger partial charge in [0.15, 0.2) is 11.6 Å². The van der Waals surface area contributed by atoms with Crippen molar-refractivity contribution in [1.82, 2.24) is 5.32 Å². The van der Waals surface area contributed by atoms with Crippen molar-refractivity contribution in [3.05, 3.63) is 53.1 Å². The summed E-state index contributed by atoms with van der Waals surface area (Å²) in [4.78, 5) is 37.6. The molecule has 0 heterocycles. The molecule has 0 aromatic heterocycles. The number of hydrogen-bond donors (Lipinski definition) is 4. The average molecular weight is 617 g/mol. The number of methoxy groups -OCH3 is 1. The number of halogens is 5. The minimum Gasteiger partial charge on any atom is -0.496 e. The first-order chi connectivity index (χ1) is 20.2. The highest BCUT2D eigenvalue weighted by Crippen LogP contribution is 2.34. The fourth-order valence-corrected chi connectivity index (χ4v) is 4.99. The van der Waals surface area contributed by atoms with Crippen molar-refractivity contribution in [2.45, 2.75) is 70.4 Å². The number of aliphatic hydroxyl groups excluding tert-OH is 1. The number of carbonyl (C=O) groups excluding carboxylic acids is 2. The Morgan fingerprint density at radius 1 is 1.02 bits per heavy atom. The number of carboxylic acid groups (broad SMARTS) is 1. The third kappa shape index (κ3) is 8.33. The standard InChI is InChI=1S/C29H33F5N2O7/c1-4-22(37)25(27(39)36-16-7-10-20(30)19(11-16)29(32,33)34)14(2)35-26(38)18-12-24(21(31)13-23(18)42-3)43-17-8-5-15(6-9-17)28(40)41/h7,10-15,17,22,25,37H,4-6,8-9H2,1-3H3,(H,35,38)(H,36,39)(H,40,41)/t14-,15-,17+,22-,25-/m0/s1. The van der Waals surface area contributed by atoms with E-state index in [1.807, 2.05) is 0 Å². The fraction of sp³-hybridized carbons (Fsp3) is 0.483. The number of nitrogens with one attached hydrogen (secondary N) is 2. The van der Waals surface area contributed by atoms with Crippen molar-refractivity contribution in [2.24, 2.45) is 11.8 Å². The molecular formula is C29H33F5N2O7. The lowest BCUT2D eigenvalue weighted by Crippen LogP contribution is -2.48. The monoisotopic (exact) mass is 616 g/mol. The maximum atomic E-state index is 14.8. The molecule has 1 saturated carbocycles. The molecule has 14 heteroatoms. The van der Waals surface area contributed by atoms with Gasteiger partial charge in [0.1, 0.15) is 11.6 Å². The molecule has 3 atom stereocenters. The Balaban J connectivity index is 1.79. The van der Waals surface area contributed by atoms with E-state index < -0.39 is 71.2 Å². The van der Waals surface area contributed by atoms with E-state index in [0.717, 1.165) is 18.2 Å². The molecule has 0 spiro atoms. The first-order valence-corrected chi connectivity index (χ1v) is 13.6. The highest BCUT2D eigenvalue weighted by Gasteiger charge is 2.36. The number of aliphatic carboxylic acids is 1. The van der Waals surface area contributed by atoms with Crippen molar-refractivity contribution in [3.8, 4) is 11.5 Å². The number of amides is 2. The predicted molar refractivity (Wildman–Crippen MR) is 144 cm³/mol. The van der Waals surface area contributed by atoms with E-state index in [2.05, 4.69) is 10.6 Å². The largest absolute Gasteiger partial charge is 0.496 e. The van der Waals surface area contributed by atoms with Gasteiger partial charge in [-0.15, -0.1) is 0 Å². The molecule has 0 saturated heterocycles. The number of ether oxygens (including phenoxy) is 2. The van der Waals surface area contributed by atoms with Gasteiger partial charge < -0.3 is 30.3 Å². The lowest BCUT2D eigenvalue weighted by atomic mass is 9.87. The fourth-order valence-electron chi connectivity index (χ4n) is 4.99. The van der Waals surface area contributed by atoms with Crippen LogP contribution in [0.25, 0.3) is 0 Å². The maximum absolute atomic E-state index is 14.8. The van der Waals surface area contributed by atoms with Crippen LogP contribution in [0.4, 0.5) is 27.6 Å². The van der Waals surface area contributed by atoms with Crippen molar-refractivity contribution >= 4 is 23.5 Å². The third-order valence-electron chi connectivity index (χ3n) is 7.39. The second kappa shape index (κ2) is 14.0. The Hall–Kier alpha value is -3.94. The van der Waals surface area contributed by atoms with Crippen LogP contribution in [0.5, 0.6) is 11.5 Å². The van der Waals surface area contributed by atoms with Gasteiger partial charge in [-0.3, -0.25) is 14.4 Å². The SMILES string of the molecule is CC[C@H](O)[C@@H](C(=O)Nc1ccc(F)c(C(F)(F)F)c1)[C@H](C)NC(=O)c1cc(O[C@H]2CC[C@@H](C(=O)O)CC2)c(F)cc1OC. The molecule has 0 aliphatic heterocycles.